The number of rotatable bonds is 4. The summed E-state index contributed by atoms with van der Waals surface area (Å²) in [4.78, 5) is 9.80. The molecule has 0 aliphatic heterocycles. The van der Waals surface area contributed by atoms with Crippen molar-refractivity contribution in [3.8, 4) is 0 Å². The third-order valence-electron chi connectivity index (χ3n) is 0.734. The molecule has 0 spiro atoms. The summed E-state index contributed by atoms with van der Waals surface area (Å²) < 4.78 is 0. The van der Waals surface area contributed by atoms with Crippen LogP contribution in [0.1, 0.15) is 6.42 Å². The molecule has 0 aliphatic carbocycles. The van der Waals surface area contributed by atoms with Gasteiger partial charge in [0.15, 0.2) is 0 Å². The third kappa shape index (κ3) is 5.18. The van der Waals surface area contributed by atoms with Crippen molar-refractivity contribution in [1.82, 2.24) is 0 Å². The minimum Gasteiger partial charge on any atom is -0.305 e. The molecule has 0 aromatic heterocycles. The van der Waals surface area contributed by atoms with Crippen LogP contribution in [-0.2, 0) is 4.79 Å². The molecule has 2 N–H and O–H groups in total. The second kappa shape index (κ2) is 4.88. The van der Waals surface area contributed by atoms with E-state index in [0.717, 1.165) is 0 Å². The molecular weight excluding hydrogens is 152 g/mol. The fourth-order valence-electron chi connectivity index (χ4n) is 0.332. The Kier molecular flexibility index (Phi) is 4.41. The van der Waals surface area contributed by atoms with Gasteiger partial charge >= 0.3 is 0 Å². The van der Waals surface area contributed by atoms with Gasteiger partial charge in [-0.2, -0.15) is 0 Å². The summed E-state index contributed by atoms with van der Waals surface area (Å²) in [6, 6.07) is 0. The molecule has 0 aromatic rings. The van der Waals surface area contributed by atoms with Crippen molar-refractivity contribution < 1.29 is 4.79 Å². The number of hydrogen-bond acceptors (Lipinski definition) is 3. The first-order chi connectivity index (χ1) is 4.66. The Bertz CT molecular complexity index is 186. The normalized spacial score (nSPS) is 9.70. The minimum absolute atomic E-state index is 0.0701. The van der Waals surface area contributed by atoms with Crippen molar-refractivity contribution in [2.24, 2.45) is 0 Å². The summed E-state index contributed by atoms with van der Waals surface area (Å²) in [5.74, 6) is 0. The average molecular weight is 159 g/mol. The molecule has 0 aromatic carbocycles. The van der Waals surface area contributed by atoms with Gasteiger partial charge in [0.2, 0.25) is 0 Å². The van der Waals surface area contributed by atoms with E-state index in [-0.39, 0.29) is 17.3 Å². The van der Waals surface area contributed by atoms with E-state index in [4.69, 9.17) is 22.4 Å². The molecule has 0 atom stereocenters. The lowest BCUT2D eigenvalue weighted by Crippen LogP contribution is -1.91. The van der Waals surface area contributed by atoms with Gasteiger partial charge in [-0.1, -0.05) is 11.6 Å². The SMILES string of the molecule is N=C(Cl)/C=C\C(=N)CC=O. The summed E-state index contributed by atoms with van der Waals surface area (Å²) in [7, 11) is 0. The predicted octanol–water partition coefficient (Wildman–Crippen LogP) is 1.37. The maximum Gasteiger partial charge on any atom is 0.125 e. The highest BCUT2D eigenvalue weighted by molar-refractivity contribution is 6.67. The molecule has 0 bridgehead atoms. The van der Waals surface area contributed by atoms with Crippen molar-refractivity contribution in [2.75, 3.05) is 0 Å². The zero-order valence-electron chi connectivity index (χ0n) is 5.23. The molecule has 0 saturated heterocycles. The molecule has 0 rings (SSSR count). The van der Waals surface area contributed by atoms with Crippen LogP contribution in [0.4, 0.5) is 0 Å². The second-order valence-electron chi connectivity index (χ2n) is 1.58. The van der Waals surface area contributed by atoms with Crippen molar-refractivity contribution in [3.05, 3.63) is 12.2 Å². The van der Waals surface area contributed by atoms with Crippen LogP contribution < -0.4 is 0 Å². The van der Waals surface area contributed by atoms with Gasteiger partial charge in [-0.05, 0) is 12.2 Å². The van der Waals surface area contributed by atoms with Gasteiger partial charge in [-0.3, -0.25) is 5.41 Å². The monoisotopic (exact) mass is 158 g/mol. The van der Waals surface area contributed by atoms with Gasteiger partial charge in [0.05, 0.1) is 0 Å². The molecule has 10 heavy (non-hydrogen) atoms. The van der Waals surface area contributed by atoms with Crippen LogP contribution in [0.3, 0.4) is 0 Å². The van der Waals surface area contributed by atoms with Gasteiger partial charge in [0, 0.05) is 12.1 Å². The Morgan fingerprint density at radius 3 is 2.40 bits per heavy atom. The fraction of sp³-hybridized carbons (Fsp3) is 0.167. The van der Waals surface area contributed by atoms with Crippen molar-refractivity contribution in [1.29, 1.82) is 10.8 Å². The molecule has 0 amide bonds. The number of carbonyl (C=O) groups excluding carboxylic acids is 1. The van der Waals surface area contributed by atoms with Crippen LogP contribution >= 0.6 is 11.6 Å². The summed E-state index contributed by atoms with van der Waals surface area (Å²) in [6.45, 7) is 0. The van der Waals surface area contributed by atoms with Crippen LogP contribution in [-0.4, -0.2) is 17.2 Å². The van der Waals surface area contributed by atoms with Gasteiger partial charge in [0.1, 0.15) is 11.5 Å². The zero-order valence-corrected chi connectivity index (χ0v) is 5.98. The number of allylic oxidation sites excluding steroid dienone is 2. The lowest BCUT2D eigenvalue weighted by atomic mass is 10.3. The van der Waals surface area contributed by atoms with E-state index in [1.165, 1.54) is 12.2 Å². The summed E-state index contributed by atoms with van der Waals surface area (Å²) in [5, 5.41) is 13.6. The van der Waals surface area contributed by atoms with Crippen molar-refractivity contribution in [2.45, 2.75) is 6.42 Å². The van der Waals surface area contributed by atoms with Crippen LogP contribution in [0.25, 0.3) is 0 Å². The molecule has 0 heterocycles. The highest BCUT2D eigenvalue weighted by Crippen LogP contribution is 1.86. The minimum atomic E-state index is -0.143. The van der Waals surface area contributed by atoms with Crippen molar-refractivity contribution >= 4 is 28.8 Å². The number of carbonyl (C=O) groups is 1. The molecule has 0 unspecified atom stereocenters. The zero-order chi connectivity index (χ0) is 7.98. The topological polar surface area (TPSA) is 64.8 Å². The average Bonchev–Trinajstić information content (AvgIpc) is 1.85. The number of aldehydes is 1. The first-order valence-electron chi connectivity index (χ1n) is 2.60. The second-order valence-corrected chi connectivity index (χ2v) is 1.98. The summed E-state index contributed by atoms with van der Waals surface area (Å²) in [5.41, 5.74) is 0.153. The van der Waals surface area contributed by atoms with E-state index in [9.17, 15) is 4.79 Å². The van der Waals surface area contributed by atoms with E-state index >= 15 is 0 Å². The van der Waals surface area contributed by atoms with E-state index in [1.807, 2.05) is 0 Å². The summed E-state index contributed by atoms with van der Waals surface area (Å²) in [6.07, 6.45) is 3.28. The van der Waals surface area contributed by atoms with Crippen LogP contribution in [0, 0.1) is 10.8 Å². The molecular formula is C6H7ClN2O. The lowest BCUT2D eigenvalue weighted by Gasteiger charge is -1.85. The predicted molar refractivity (Wildman–Crippen MR) is 41.1 cm³/mol. The van der Waals surface area contributed by atoms with Gasteiger partial charge in [0.25, 0.3) is 0 Å². The first-order valence-corrected chi connectivity index (χ1v) is 2.98. The summed E-state index contributed by atoms with van der Waals surface area (Å²) >= 11 is 5.13. The maximum atomic E-state index is 9.80. The standard InChI is InChI=1S/C6H7ClN2O/c7-6(9)2-1-5(8)3-4-10/h1-2,4,8-9H,3H2/b2-1-,8-5?,9-6?. The first kappa shape index (κ1) is 9.04. The maximum absolute atomic E-state index is 9.80. The Labute approximate surface area is 63.7 Å². The quantitative estimate of drug-likeness (QED) is 0.471. The van der Waals surface area contributed by atoms with Crippen molar-refractivity contribution in [3.63, 3.8) is 0 Å². The number of hydrogen-bond donors (Lipinski definition) is 2. The fourth-order valence-corrected chi connectivity index (χ4v) is 0.395. The molecule has 4 heteroatoms. The molecule has 0 radical (unpaired) electrons. The third-order valence-corrected chi connectivity index (χ3v) is 0.860. The van der Waals surface area contributed by atoms with E-state index in [1.54, 1.807) is 0 Å². The van der Waals surface area contributed by atoms with Crippen LogP contribution in [0.15, 0.2) is 12.2 Å². The van der Waals surface area contributed by atoms with Crippen LogP contribution in [0.2, 0.25) is 0 Å². The highest BCUT2D eigenvalue weighted by Gasteiger charge is 1.87. The van der Waals surface area contributed by atoms with Gasteiger partial charge < -0.3 is 10.2 Å². The van der Waals surface area contributed by atoms with Gasteiger partial charge in [-0.15, -0.1) is 0 Å². The van der Waals surface area contributed by atoms with E-state index in [2.05, 4.69) is 0 Å². The Hall–Kier alpha value is -0.960. The number of nitrogens with one attached hydrogen (secondary N) is 2. The molecule has 0 saturated carbocycles. The van der Waals surface area contributed by atoms with E-state index < -0.39 is 0 Å². The molecule has 3 nitrogen and oxygen atoms in total. The van der Waals surface area contributed by atoms with Gasteiger partial charge in [-0.25, -0.2) is 0 Å². The highest BCUT2D eigenvalue weighted by atomic mass is 35.5. The number of halogens is 1. The van der Waals surface area contributed by atoms with E-state index in [0.29, 0.717) is 6.29 Å². The Morgan fingerprint density at radius 2 is 2.00 bits per heavy atom. The molecule has 0 aliphatic rings. The Balaban J connectivity index is 3.77. The smallest absolute Gasteiger partial charge is 0.125 e. The Morgan fingerprint density at radius 1 is 1.40 bits per heavy atom. The van der Waals surface area contributed by atoms with Crippen LogP contribution in [0.5, 0.6) is 0 Å². The molecule has 54 valence electrons. The largest absolute Gasteiger partial charge is 0.305 e. The molecule has 0 fully saturated rings. The lowest BCUT2D eigenvalue weighted by molar-refractivity contribution is -0.106.